The van der Waals surface area contributed by atoms with Crippen LogP contribution in [0.25, 0.3) is 22.3 Å². The highest BCUT2D eigenvalue weighted by Gasteiger charge is 2.52. The first-order valence-corrected chi connectivity index (χ1v) is 13.6. The minimum atomic E-state index is -0.720. The Hall–Kier alpha value is -4.10. The number of benzene rings is 3. The SMILES string of the molecule is CCOC(=O)C1(c2ccc(-c3ccc(-c4c(F)cn(C)c4NC(=O)OC(C)c4ccccc4Cl)cc3)cc2)CC1. The van der Waals surface area contributed by atoms with Crippen molar-refractivity contribution < 1.29 is 23.5 Å². The summed E-state index contributed by atoms with van der Waals surface area (Å²) in [6.45, 7) is 3.91. The van der Waals surface area contributed by atoms with E-state index in [-0.39, 0.29) is 17.4 Å². The Morgan fingerprint density at radius 1 is 1.00 bits per heavy atom. The van der Waals surface area contributed by atoms with E-state index in [0.29, 0.717) is 22.8 Å². The highest BCUT2D eigenvalue weighted by atomic mass is 35.5. The summed E-state index contributed by atoms with van der Waals surface area (Å²) in [5, 5.41) is 3.18. The number of rotatable bonds is 8. The van der Waals surface area contributed by atoms with Crippen LogP contribution in [0.3, 0.4) is 0 Å². The number of carbonyl (C=O) groups excluding carboxylic acids is 2. The van der Waals surface area contributed by atoms with Crippen LogP contribution in [0.4, 0.5) is 15.0 Å². The fraction of sp³-hybridized carbons (Fsp3) is 0.250. The number of hydrogen-bond donors (Lipinski definition) is 1. The number of anilines is 1. The molecule has 1 aliphatic rings. The van der Waals surface area contributed by atoms with Crippen LogP contribution in [0, 0.1) is 5.82 Å². The fourth-order valence-corrected chi connectivity index (χ4v) is 5.27. The Morgan fingerprint density at radius 3 is 2.20 bits per heavy atom. The smallest absolute Gasteiger partial charge is 0.413 e. The largest absolute Gasteiger partial charge is 0.465 e. The number of ether oxygens (including phenoxy) is 2. The van der Waals surface area contributed by atoms with E-state index in [1.54, 1.807) is 32.2 Å². The Bertz CT molecular complexity index is 1540. The summed E-state index contributed by atoms with van der Waals surface area (Å²) in [6, 6.07) is 22.5. The first-order chi connectivity index (χ1) is 19.2. The number of nitrogens with zero attached hydrogens (tertiary/aromatic N) is 1. The maximum absolute atomic E-state index is 15.0. The lowest BCUT2D eigenvalue weighted by Crippen LogP contribution is -2.23. The van der Waals surface area contributed by atoms with Gasteiger partial charge in [-0.25, -0.2) is 9.18 Å². The van der Waals surface area contributed by atoms with Gasteiger partial charge in [-0.15, -0.1) is 0 Å². The molecule has 1 unspecified atom stereocenters. The van der Waals surface area contributed by atoms with Crippen LogP contribution < -0.4 is 5.32 Å². The number of carbonyl (C=O) groups is 2. The van der Waals surface area contributed by atoms with Gasteiger partial charge in [0, 0.05) is 23.8 Å². The minimum Gasteiger partial charge on any atom is -0.465 e. The van der Waals surface area contributed by atoms with Gasteiger partial charge in [0.25, 0.3) is 0 Å². The summed E-state index contributed by atoms with van der Waals surface area (Å²) in [5.74, 6) is -0.356. The zero-order chi connectivity index (χ0) is 28.4. The van der Waals surface area contributed by atoms with Gasteiger partial charge >= 0.3 is 12.1 Å². The second-order valence-electron chi connectivity index (χ2n) is 9.96. The van der Waals surface area contributed by atoms with Gasteiger partial charge in [0.2, 0.25) is 0 Å². The summed E-state index contributed by atoms with van der Waals surface area (Å²) in [4.78, 5) is 25.1. The molecule has 0 radical (unpaired) electrons. The molecule has 0 aliphatic heterocycles. The average Bonchev–Trinajstić information content (AvgIpc) is 3.71. The monoisotopic (exact) mass is 560 g/mol. The molecule has 1 N–H and O–H groups in total. The zero-order valence-electron chi connectivity index (χ0n) is 22.5. The number of nitrogens with one attached hydrogen (secondary N) is 1. The van der Waals surface area contributed by atoms with Gasteiger partial charge in [-0.1, -0.05) is 78.3 Å². The van der Waals surface area contributed by atoms with Crippen LogP contribution in [-0.2, 0) is 26.7 Å². The van der Waals surface area contributed by atoms with Crippen LogP contribution in [0.15, 0.2) is 79.0 Å². The van der Waals surface area contributed by atoms with Crippen LogP contribution in [0.1, 0.15) is 43.9 Å². The summed E-state index contributed by atoms with van der Waals surface area (Å²) in [7, 11) is 1.65. The molecule has 1 saturated carbocycles. The van der Waals surface area contributed by atoms with Gasteiger partial charge < -0.3 is 14.0 Å². The molecule has 0 spiro atoms. The number of esters is 1. The van der Waals surface area contributed by atoms with Crippen molar-refractivity contribution >= 4 is 29.5 Å². The minimum absolute atomic E-state index is 0.163. The maximum Gasteiger partial charge on any atom is 0.413 e. The predicted molar refractivity (Wildman–Crippen MR) is 154 cm³/mol. The van der Waals surface area contributed by atoms with Gasteiger partial charge in [-0.05, 0) is 55.0 Å². The first-order valence-electron chi connectivity index (χ1n) is 13.2. The second-order valence-corrected chi connectivity index (χ2v) is 10.4. The van der Waals surface area contributed by atoms with Gasteiger partial charge in [0.15, 0.2) is 5.82 Å². The average molecular weight is 561 g/mol. The van der Waals surface area contributed by atoms with Crippen LogP contribution in [-0.4, -0.2) is 23.2 Å². The van der Waals surface area contributed by atoms with Gasteiger partial charge in [-0.3, -0.25) is 10.1 Å². The summed E-state index contributed by atoms with van der Waals surface area (Å²) in [5.41, 5.74) is 3.90. The van der Waals surface area contributed by atoms with Crippen molar-refractivity contribution in [2.75, 3.05) is 11.9 Å². The van der Waals surface area contributed by atoms with E-state index in [1.165, 1.54) is 10.8 Å². The Balaban J connectivity index is 1.32. The molecule has 6 nitrogen and oxygen atoms in total. The quantitative estimate of drug-likeness (QED) is 0.221. The molecule has 8 heteroatoms. The molecule has 3 aromatic carbocycles. The molecule has 1 fully saturated rings. The molecular formula is C32H30ClFN2O4. The first kappa shape index (κ1) is 27.5. The van der Waals surface area contributed by atoms with E-state index in [4.69, 9.17) is 21.1 Å². The fourth-order valence-electron chi connectivity index (χ4n) is 4.98. The molecule has 1 atom stereocenters. The number of hydrogen-bond acceptors (Lipinski definition) is 4. The highest BCUT2D eigenvalue weighted by Crippen LogP contribution is 2.49. The third kappa shape index (κ3) is 5.34. The van der Waals surface area contributed by atoms with E-state index >= 15 is 4.39 Å². The van der Waals surface area contributed by atoms with Crippen molar-refractivity contribution in [1.82, 2.24) is 4.57 Å². The maximum atomic E-state index is 15.0. The molecule has 206 valence electrons. The van der Waals surface area contributed by atoms with E-state index in [1.807, 2.05) is 61.5 Å². The lowest BCUT2D eigenvalue weighted by molar-refractivity contribution is -0.146. The van der Waals surface area contributed by atoms with Crippen molar-refractivity contribution in [1.29, 1.82) is 0 Å². The molecule has 1 aromatic heterocycles. The van der Waals surface area contributed by atoms with E-state index < -0.39 is 23.4 Å². The zero-order valence-corrected chi connectivity index (χ0v) is 23.3. The van der Waals surface area contributed by atoms with Crippen molar-refractivity contribution in [3.63, 3.8) is 0 Å². The van der Waals surface area contributed by atoms with Gasteiger partial charge in [-0.2, -0.15) is 0 Å². The second kappa shape index (κ2) is 11.2. The standard InChI is InChI=1S/C32H30ClFN2O4/c1-4-39-30(37)32(17-18-32)24-15-13-22(14-16-24)21-9-11-23(12-10-21)28-27(34)19-36(3)29(28)35-31(38)40-20(2)25-7-5-6-8-26(25)33/h5-16,19-20H,4,17-18H2,1-3H3,(H,35,38). The lowest BCUT2D eigenvalue weighted by atomic mass is 9.93. The van der Waals surface area contributed by atoms with Crippen LogP contribution in [0.2, 0.25) is 5.02 Å². The number of aryl methyl sites for hydroxylation is 1. The number of aromatic nitrogens is 1. The Labute approximate surface area is 237 Å². The summed E-state index contributed by atoms with van der Waals surface area (Å²) >= 11 is 6.22. The van der Waals surface area contributed by atoms with Crippen LogP contribution >= 0.6 is 11.6 Å². The van der Waals surface area contributed by atoms with Crippen molar-refractivity contribution in [3.8, 4) is 22.3 Å². The summed E-state index contributed by atoms with van der Waals surface area (Å²) in [6.07, 6.45) is 1.59. The highest BCUT2D eigenvalue weighted by molar-refractivity contribution is 6.31. The van der Waals surface area contributed by atoms with Crippen molar-refractivity contribution in [2.45, 2.75) is 38.2 Å². The molecular weight excluding hydrogens is 531 g/mol. The van der Waals surface area contributed by atoms with Gasteiger partial charge in [0.05, 0.1) is 17.6 Å². The molecule has 0 saturated heterocycles. The van der Waals surface area contributed by atoms with E-state index in [0.717, 1.165) is 29.5 Å². The normalized spacial score (nSPS) is 14.3. The van der Waals surface area contributed by atoms with Gasteiger partial charge in [0.1, 0.15) is 11.9 Å². The summed E-state index contributed by atoms with van der Waals surface area (Å²) < 4.78 is 27.3. The predicted octanol–water partition coefficient (Wildman–Crippen LogP) is 8.06. The number of halogens is 2. The van der Waals surface area contributed by atoms with Crippen molar-refractivity contribution in [3.05, 3.63) is 101 Å². The third-order valence-corrected chi connectivity index (χ3v) is 7.69. The molecule has 40 heavy (non-hydrogen) atoms. The molecule has 1 heterocycles. The van der Waals surface area contributed by atoms with E-state index in [9.17, 15) is 9.59 Å². The molecule has 0 bridgehead atoms. The lowest BCUT2D eigenvalue weighted by Gasteiger charge is -2.16. The number of amides is 1. The van der Waals surface area contributed by atoms with Crippen LogP contribution in [0.5, 0.6) is 0 Å². The van der Waals surface area contributed by atoms with Crippen molar-refractivity contribution in [2.24, 2.45) is 7.05 Å². The van der Waals surface area contributed by atoms with E-state index in [2.05, 4.69) is 5.32 Å². The third-order valence-electron chi connectivity index (χ3n) is 7.34. The molecule has 4 aromatic rings. The topological polar surface area (TPSA) is 69.6 Å². The molecule has 1 aliphatic carbocycles. The molecule has 5 rings (SSSR count). The molecule has 1 amide bonds. The Morgan fingerprint density at radius 2 is 1.60 bits per heavy atom. The Kier molecular flexibility index (Phi) is 7.68.